The lowest BCUT2D eigenvalue weighted by Crippen LogP contribution is -2.50. The maximum Gasteiger partial charge on any atom is 0.234 e. The lowest BCUT2D eigenvalue weighted by atomic mass is 10.3. The lowest BCUT2D eigenvalue weighted by molar-refractivity contribution is -0.122. The van der Waals surface area contributed by atoms with Crippen LogP contribution in [0.25, 0.3) is 0 Å². The molecule has 1 aromatic rings. The van der Waals surface area contributed by atoms with Crippen LogP contribution >= 0.6 is 15.9 Å². The Bertz CT molecular complexity index is 448. The van der Waals surface area contributed by atoms with Gasteiger partial charge in [0.1, 0.15) is 0 Å². The largest absolute Gasteiger partial charge is 0.383 e. The molecule has 1 saturated heterocycles. The van der Waals surface area contributed by atoms with Crippen LogP contribution in [-0.2, 0) is 9.53 Å². The predicted molar refractivity (Wildman–Crippen MR) is 83.3 cm³/mol. The first kappa shape index (κ1) is 16.1. The first-order valence-electron chi connectivity index (χ1n) is 6.89. The molecule has 1 N–H and O–H groups in total. The van der Waals surface area contributed by atoms with Crippen LogP contribution in [-0.4, -0.2) is 73.8 Å². The average Bonchev–Trinajstić information content (AvgIpc) is 2.49. The number of hydrogen-bond acceptors (Lipinski definition) is 6. The van der Waals surface area contributed by atoms with E-state index in [1.165, 1.54) is 0 Å². The second-order valence-electron chi connectivity index (χ2n) is 4.81. The summed E-state index contributed by atoms with van der Waals surface area (Å²) in [4.78, 5) is 24.6. The zero-order valence-corrected chi connectivity index (χ0v) is 13.7. The number of halogens is 1. The summed E-state index contributed by atoms with van der Waals surface area (Å²) in [6, 6.07) is 0. The van der Waals surface area contributed by atoms with E-state index in [2.05, 4.69) is 41.0 Å². The number of ether oxygens (including phenoxy) is 1. The van der Waals surface area contributed by atoms with E-state index in [1.54, 1.807) is 19.5 Å². The molecule has 2 heterocycles. The Hall–Kier alpha value is -1.25. The minimum absolute atomic E-state index is 0.0420. The van der Waals surface area contributed by atoms with Crippen LogP contribution in [0.3, 0.4) is 0 Å². The molecule has 0 atom stereocenters. The first-order chi connectivity index (χ1) is 10.2. The Morgan fingerprint density at radius 3 is 2.62 bits per heavy atom. The van der Waals surface area contributed by atoms with Gasteiger partial charge in [0.15, 0.2) is 0 Å². The number of piperazine rings is 1. The molecule has 1 amide bonds. The Balaban J connectivity index is 1.73. The summed E-state index contributed by atoms with van der Waals surface area (Å²) in [5, 5.41) is 2.83. The summed E-state index contributed by atoms with van der Waals surface area (Å²) in [6.07, 6.45) is 3.50. The molecule has 7 nitrogen and oxygen atoms in total. The van der Waals surface area contributed by atoms with Gasteiger partial charge in [-0.2, -0.15) is 0 Å². The van der Waals surface area contributed by atoms with Gasteiger partial charge in [-0.3, -0.25) is 9.69 Å². The lowest BCUT2D eigenvalue weighted by Gasteiger charge is -2.34. The minimum Gasteiger partial charge on any atom is -0.383 e. The van der Waals surface area contributed by atoms with Crippen molar-refractivity contribution in [3.05, 3.63) is 16.9 Å². The van der Waals surface area contributed by atoms with E-state index in [4.69, 9.17) is 4.74 Å². The van der Waals surface area contributed by atoms with Crippen LogP contribution in [0.15, 0.2) is 16.9 Å². The molecule has 1 fully saturated rings. The molecule has 1 aliphatic rings. The Morgan fingerprint density at radius 2 is 2.00 bits per heavy atom. The van der Waals surface area contributed by atoms with Crippen LogP contribution in [0, 0.1) is 0 Å². The fourth-order valence-electron chi connectivity index (χ4n) is 2.13. The molecule has 8 heteroatoms. The summed E-state index contributed by atoms with van der Waals surface area (Å²) in [7, 11) is 1.62. The van der Waals surface area contributed by atoms with Crippen molar-refractivity contribution >= 4 is 27.8 Å². The second kappa shape index (κ2) is 8.26. The summed E-state index contributed by atoms with van der Waals surface area (Å²) in [6.45, 7) is 4.84. The van der Waals surface area contributed by atoms with Crippen LogP contribution in [0.4, 0.5) is 5.95 Å². The van der Waals surface area contributed by atoms with Gasteiger partial charge >= 0.3 is 0 Å². The molecule has 0 unspecified atom stereocenters. The third-order valence-electron chi connectivity index (χ3n) is 3.26. The molecule has 116 valence electrons. The third-order valence-corrected chi connectivity index (χ3v) is 3.67. The van der Waals surface area contributed by atoms with Crippen molar-refractivity contribution in [2.45, 2.75) is 0 Å². The fourth-order valence-corrected chi connectivity index (χ4v) is 2.33. The van der Waals surface area contributed by atoms with Crippen molar-refractivity contribution in [1.29, 1.82) is 0 Å². The Kier molecular flexibility index (Phi) is 6.34. The third kappa shape index (κ3) is 5.22. The van der Waals surface area contributed by atoms with Gasteiger partial charge in [0.05, 0.1) is 17.6 Å². The highest BCUT2D eigenvalue weighted by atomic mass is 79.9. The van der Waals surface area contributed by atoms with Gasteiger partial charge in [-0.05, 0) is 15.9 Å². The molecule has 2 rings (SSSR count). The van der Waals surface area contributed by atoms with Crippen LogP contribution < -0.4 is 10.2 Å². The number of anilines is 1. The summed E-state index contributed by atoms with van der Waals surface area (Å²) < 4.78 is 5.77. The monoisotopic (exact) mass is 357 g/mol. The zero-order chi connectivity index (χ0) is 15.1. The smallest absolute Gasteiger partial charge is 0.234 e. The molecular weight excluding hydrogens is 338 g/mol. The van der Waals surface area contributed by atoms with Gasteiger partial charge in [-0.1, -0.05) is 0 Å². The predicted octanol–water partition coefficient (Wildman–Crippen LogP) is 0.124. The number of nitrogens with zero attached hydrogens (tertiary/aromatic N) is 4. The van der Waals surface area contributed by atoms with Gasteiger partial charge in [0, 0.05) is 52.2 Å². The number of amides is 1. The molecule has 21 heavy (non-hydrogen) atoms. The molecule has 0 aromatic carbocycles. The average molecular weight is 358 g/mol. The van der Waals surface area contributed by atoms with E-state index in [1.807, 2.05) is 0 Å². The number of aromatic nitrogens is 2. The van der Waals surface area contributed by atoms with Crippen molar-refractivity contribution in [1.82, 2.24) is 20.2 Å². The summed E-state index contributed by atoms with van der Waals surface area (Å²) in [5.41, 5.74) is 0. The molecule has 1 aromatic heterocycles. The highest BCUT2D eigenvalue weighted by Gasteiger charge is 2.20. The summed E-state index contributed by atoms with van der Waals surface area (Å²) in [5.74, 6) is 0.780. The number of methoxy groups -OCH3 is 1. The maximum atomic E-state index is 11.7. The number of nitrogens with one attached hydrogen (secondary N) is 1. The Labute approximate surface area is 132 Å². The van der Waals surface area contributed by atoms with Crippen molar-refractivity contribution in [2.75, 3.05) is 57.9 Å². The van der Waals surface area contributed by atoms with E-state index in [0.717, 1.165) is 36.6 Å². The molecule has 0 radical (unpaired) electrons. The van der Waals surface area contributed by atoms with E-state index in [9.17, 15) is 4.79 Å². The SMILES string of the molecule is COCCNC(=O)CN1CCN(c2ncc(Br)cn2)CC1. The standard InChI is InChI=1S/C13H20BrN5O2/c1-21-7-2-15-12(20)10-18-3-5-19(6-4-18)13-16-8-11(14)9-17-13/h8-9H,2-7,10H2,1H3,(H,15,20). The van der Waals surface area contributed by atoms with Gasteiger partial charge in [0.25, 0.3) is 0 Å². The van der Waals surface area contributed by atoms with Gasteiger partial charge < -0.3 is 15.0 Å². The fraction of sp³-hybridized carbons (Fsp3) is 0.615. The maximum absolute atomic E-state index is 11.7. The van der Waals surface area contributed by atoms with Gasteiger partial charge in [0.2, 0.25) is 11.9 Å². The molecule has 1 aliphatic heterocycles. The highest BCUT2D eigenvalue weighted by Crippen LogP contribution is 2.13. The molecule has 0 bridgehead atoms. The number of carbonyl (C=O) groups excluding carboxylic acids is 1. The van der Waals surface area contributed by atoms with Crippen molar-refractivity contribution in [3.8, 4) is 0 Å². The summed E-state index contributed by atoms with van der Waals surface area (Å²) >= 11 is 3.33. The number of hydrogen-bond donors (Lipinski definition) is 1. The van der Waals surface area contributed by atoms with Crippen molar-refractivity contribution in [2.24, 2.45) is 0 Å². The Morgan fingerprint density at radius 1 is 1.33 bits per heavy atom. The molecular formula is C13H20BrN5O2. The normalized spacial score (nSPS) is 16.0. The minimum atomic E-state index is 0.0420. The number of rotatable bonds is 6. The molecule has 0 aliphatic carbocycles. The topological polar surface area (TPSA) is 70.6 Å². The molecule has 0 saturated carbocycles. The van der Waals surface area contributed by atoms with E-state index in [0.29, 0.717) is 19.7 Å². The van der Waals surface area contributed by atoms with Crippen molar-refractivity contribution < 1.29 is 9.53 Å². The quantitative estimate of drug-likeness (QED) is 0.729. The number of carbonyl (C=O) groups is 1. The van der Waals surface area contributed by atoms with Crippen LogP contribution in [0.5, 0.6) is 0 Å². The zero-order valence-electron chi connectivity index (χ0n) is 12.1. The molecule has 0 spiro atoms. The van der Waals surface area contributed by atoms with Crippen molar-refractivity contribution in [3.63, 3.8) is 0 Å². The van der Waals surface area contributed by atoms with E-state index in [-0.39, 0.29) is 5.91 Å². The first-order valence-corrected chi connectivity index (χ1v) is 7.69. The second-order valence-corrected chi connectivity index (χ2v) is 5.72. The van der Waals surface area contributed by atoms with Crippen LogP contribution in [0.2, 0.25) is 0 Å². The van der Waals surface area contributed by atoms with Gasteiger partial charge in [-0.15, -0.1) is 0 Å². The highest BCUT2D eigenvalue weighted by molar-refractivity contribution is 9.10. The van der Waals surface area contributed by atoms with E-state index >= 15 is 0 Å². The van der Waals surface area contributed by atoms with Crippen LogP contribution in [0.1, 0.15) is 0 Å². The van der Waals surface area contributed by atoms with Gasteiger partial charge in [-0.25, -0.2) is 9.97 Å². The van der Waals surface area contributed by atoms with E-state index < -0.39 is 0 Å².